The van der Waals surface area contributed by atoms with E-state index in [1.54, 1.807) is 13.0 Å². The number of fused-ring (bicyclic) bond motifs is 1. The number of nitrogens with zero attached hydrogens (tertiary/aromatic N) is 6. The van der Waals surface area contributed by atoms with Gasteiger partial charge in [-0.05, 0) is 25.0 Å². The SMILES string of the molecule is CC(C)(C)c1nc(N2CC[C@@](C)(O)C2)c2nnn(Cc3ccccc3C(F)(F)F)c2n1. The summed E-state index contributed by atoms with van der Waals surface area (Å²) in [5.41, 5.74) is -1.08. The second-order valence-electron chi connectivity index (χ2n) is 9.36. The van der Waals surface area contributed by atoms with Gasteiger partial charge in [-0.1, -0.05) is 44.2 Å². The van der Waals surface area contributed by atoms with E-state index in [-0.39, 0.29) is 12.1 Å². The maximum atomic E-state index is 13.5. The van der Waals surface area contributed by atoms with Crippen molar-refractivity contribution in [3.8, 4) is 0 Å². The van der Waals surface area contributed by atoms with Crippen molar-refractivity contribution in [2.45, 2.75) is 57.9 Å². The lowest BCUT2D eigenvalue weighted by Gasteiger charge is -2.23. The average molecular weight is 434 g/mol. The van der Waals surface area contributed by atoms with E-state index in [1.807, 2.05) is 25.7 Å². The minimum Gasteiger partial charge on any atom is -0.388 e. The maximum Gasteiger partial charge on any atom is 0.416 e. The third-order valence-corrected chi connectivity index (χ3v) is 5.41. The number of hydrogen-bond donors (Lipinski definition) is 1. The quantitative estimate of drug-likeness (QED) is 0.679. The first-order valence-electron chi connectivity index (χ1n) is 10.1. The molecule has 0 aliphatic carbocycles. The van der Waals surface area contributed by atoms with Crippen LogP contribution < -0.4 is 4.90 Å². The van der Waals surface area contributed by atoms with Gasteiger partial charge in [0.2, 0.25) is 0 Å². The van der Waals surface area contributed by atoms with Crippen molar-refractivity contribution >= 4 is 17.0 Å². The summed E-state index contributed by atoms with van der Waals surface area (Å²) in [4.78, 5) is 11.3. The molecule has 7 nitrogen and oxygen atoms in total. The number of aromatic nitrogens is 5. The van der Waals surface area contributed by atoms with Crippen molar-refractivity contribution in [1.82, 2.24) is 25.0 Å². The maximum absolute atomic E-state index is 13.5. The highest BCUT2D eigenvalue weighted by Gasteiger charge is 2.36. The van der Waals surface area contributed by atoms with Crippen LogP contribution in [0.25, 0.3) is 11.2 Å². The Morgan fingerprint density at radius 1 is 1.13 bits per heavy atom. The number of β-amino-alcohol motifs (C(OH)–C–C–N with tert-alkyl or cyclic N) is 1. The van der Waals surface area contributed by atoms with Crippen LogP contribution in [0.1, 0.15) is 51.1 Å². The lowest BCUT2D eigenvalue weighted by Crippen LogP contribution is -2.31. The monoisotopic (exact) mass is 434 g/mol. The van der Waals surface area contributed by atoms with E-state index >= 15 is 0 Å². The van der Waals surface area contributed by atoms with Gasteiger partial charge in [0, 0.05) is 18.5 Å². The number of rotatable bonds is 3. The van der Waals surface area contributed by atoms with Gasteiger partial charge in [-0.2, -0.15) is 13.2 Å². The fourth-order valence-corrected chi connectivity index (χ4v) is 3.73. The summed E-state index contributed by atoms with van der Waals surface area (Å²) < 4.78 is 41.7. The minimum absolute atomic E-state index is 0.0865. The van der Waals surface area contributed by atoms with Crippen LogP contribution in [0.3, 0.4) is 0 Å². The van der Waals surface area contributed by atoms with Gasteiger partial charge < -0.3 is 10.0 Å². The molecule has 1 aliphatic heterocycles. The molecule has 1 atom stereocenters. The van der Waals surface area contributed by atoms with Crippen molar-refractivity contribution in [3.63, 3.8) is 0 Å². The van der Waals surface area contributed by atoms with E-state index < -0.39 is 22.8 Å². The second kappa shape index (κ2) is 7.15. The molecule has 4 rings (SSSR count). The lowest BCUT2D eigenvalue weighted by molar-refractivity contribution is -0.138. The van der Waals surface area contributed by atoms with Gasteiger partial charge in [0.1, 0.15) is 5.82 Å². The summed E-state index contributed by atoms with van der Waals surface area (Å²) in [6.45, 7) is 8.51. The zero-order chi connectivity index (χ0) is 22.6. The fraction of sp³-hybridized carbons (Fsp3) is 0.524. The van der Waals surface area contributed by atoms with E-state index in [9.17, 15) is 18.3 Å². The zero-order valence-electron chi connectivity index (χ0n) is 17.9. The molecule has 1 aliphatic rings. The molecule has 0 unspecified atom stereocenters. The van der Waals surface area contributed by atoms with Crippen LogP contribution in [0.2, 0.25) is 0 Å². The van der Waals surface area contributed by atoms with Gasteiger partial charge >= 0.3 is 6.18 Å². The molecule has 0 bridgehead atoms. The Morgan fingerprint density at radius 2 is 1.84 bits per heavy atom. The summed E-state index contributed by atoms with van der Waals surface area (Å²) in [7, 11) is 0. The van der Waals surface area contributed by atoms with E-state index in [0.717, 1.165) is 6.07 Å². The standard InChI is InChI=1S/C21H25F3N6O/c1-19(2,3)18-25-16(29-10-9-20(4,31)12-29)15-17(26-18)30(28-27-15)11-13-7-5-6-8-14(13)21(22,23)24/h5-8,31H,9-12H2,1-4H3/t20-/m1/s1. The summed E-state index contributed by atoms with van der Waals surface area (Å²) in [6, 6.07) is 5.42. The third kappa shape index (κ3) is 4.21. The number of benzene rings is 1. The first-order chi connectivity index (χ1) is 14.4. The number of alkyl halides is 3. The van der Waals surface area contributed by atoms with Crippen molar-refractivity contribution in [2.24, 2.45) is 0 Å². The Balaban J connectivity index is 1.83. The molecule has 1 aromatic carbocycles. The Kier molecular flexibility index (Phi) is 4.95. The fourth-order valence-electron chi connectivity index (χ4n) is 3.73. The highest BCUT2D eigenvalue weighted by atomic mass is 19.4. The summed E-state index contributed by atoms with van der Waals surface area (Å²) in [5, 5.41) is 18.7. The summed E-state index contributed by atoms with van der Waals surface area (Å²) in [6.07, 6.45) is -3.89. The molecule has 0 saturated carbocycles. The van der Waals surface area contributed by atoms with Gasteiger partial charge in [-0.25, -0.2) is 14.6 Å². The van der Waals surface area contributed by atoms with Crippen LogP contribution in [0, 0.1) is 0 Å². The van der Waals surface area contributed by atoms with Gasteiger partial charge in [0.15, 0.2) is 17.0 Å². The van der Waals surface area contributed by atoms with Crippen LogP contribution in [0.5, 0.6) is 0 Å². The molecule has 0 spiro atoms. The largest absolute Gasteiger partial charge is 0.416 e. The van der Waals surface area contributed by atoms with Crippen LogP contribution in [-0.4, -0.2) is 48.8 Å². The van der Waals surface area contributed by atoms with Crippen molar-refractivity contribution in [1.29, 1.82) is 0 Å². The number of halogens is 3. The van der Waals surface area contributed by atoms with Crippen molar-refractivity contribution in [3.05, 3.63) is 41.2 Å². The Labute approximate surface area is 177 Å². The number of anilines is 1. The predicted octanol–water partition coefficient (Wildman–Crippen LogP) is 3.55. The predicted molar refractivity (Wildman–Crippen MR) is 110 cm³/mol. The van der Waals surface area contributed by atoms with Crippen LogP contribution in [0.4, 0.5) is 19.0 Å². The Hall–Kier alpha value is -2.75. The molecule has 31 heavy (non-hydrogen) atoms. The van der Waals surface area contributed by atoms with Crippen LogP contribution in [0.15, 0.2) is 24.3 Å². The molecule has 1 fully saturated rings. The second-order valence-corrected chi connectivity index (χ2v) is 9.36. The normalized spacial score (nSPS) is 20.1. The van der Waals surface area contributed by atoms with Gasteiger partial charge in [0.05, 0.1) is 17.7 Å². The van der Waals surface area contributed by atoms with Crippen molar-refractivity contribution in [2.75, 3.05) is 18.0 Å². The first kappa shape index (κ1) is 21.5. The van der Waals surface area contributed by atoms with E-state index in [4.69, 9.17) is 4.98 Å². The van der Waals surface area contributed by atoms with Crippen LogP contribution in [-0.2, 0) is 18.1 Å². The molecule has 1 N–H and O–H groups in total. The van der Waals surface area contributed by atoms with E-state index in [2.05, 4.69) is 15.3 Å². The first-order valence-corrected chi connectivity index (χ1v) is 10.1. The highest BCUT2D eigenvalue weighted by Crippen LogP contribution is 2.34. The third-order valence-electron chi connectivity index (χ3n) is 5.41. The van der Waals surface area contributed by atoms with E-state index in [0.29, 0.717) is 42.3 Å². The molecular weight excluding hydrogens is 409 g/mol. The summed E-state index contributed by atoms with van der Waals surface area (Å²) >= 11 is 0. The molecule has 3 aromatic rings. The molecule has 0 amide bonds. The van der Waals surface area contributed by atoms with Gasteiger partial charge in [-0.3, -0.25) is 0 Å². The topological polar surface area (TPSA) is 80.0 Å². The molecule has 3 heterocycles. The molecular formula is C21H25F3N6O. The zero-order valence-corrected chi connectivity index (χ0v) is 17.9. The Morgan fingerprint density at radius 3 is 2.45 bits per heavy atom. The molecule has 1 saturated heterocycles. The minimum atomic E-state index is -4.47. The highest BCUT2D eigenvalue weighted by molar-refractivity contribution is 5.83. The molecule has 2 aromatic heterocycles. The smallest absolute Gasteiger partial charge is 0.388 e. The van der Waals surface area contributed by atoms with E-state index in [1.165, 1.54) is 16.8 Å². The van der Waals surface area contributed by atoms with Crippen molar-refractivity contribution < 1.29 is 18.3 Å². The molecule has 166 valence electrons. The van der Waals surface area contributed by atoms with Crippen LogP contribution >= 0.6 is 0 Å². The molecule has 0 radical (unpaired) electrons. The van der Waals surface area contributed by atoms with Gasteiger partial charge in [0.25, 0.3) is 0 Å². The van der Waals surface area contributed by atoms with Gasteiger partial charge in [-0.15, -0.1) is 5.10 Å². The Bertz CT molecular complexity index is 1120. The number of aliphatic hydroxyl groups is 1. The lowest BCUT2D eigenvalue weighted by atomic mass is 9.96. The molecule has 10 heteroatoms. The average Bonchev–Trinajstić information content (AvgIpc) is 3.23. The number of hydrogen-bond acceptors (Lipinski definition) is 6. The summed E-state index contributed by atoms with van der Waals surface area (Å²) in [5.74, 6) is 1.08.